The fraction of sp³-hybridized carbons (Fsp3) is 0.400. The fourth-order valence-electron chi connectivity index (χ4n) is 6.81. The molecule has 4 heteroatoms. The molecule has 0 bridgehead atoms. The molecule has 0 heterocycles. The van der Waals surface area contributed by atoms with E-state index in [1.165, 1.54) is 64.2 Å². The fourth-order valence-corrected chi connectivity index (χ4v) is 10.1. The third kappa shape index (κ3) is 4.26. The standard InChI is InChI=1S/C30H36BF2P/c32-34(33,27-19-9-3-10-20-27,28-21-11-4-12-22-28)30-24-14-13-23-29(30)31(25-15-5-1-6-16-25)26-17-7-2-8-18-26/h3-4,9-14,19-26H,1-2,5-8,15-18H2. The van der Waals surface area contributed by atoms with Crippen molar-refractivity contribution in [1.82, 2.24) is 0 Å². The van der Waals surface area contributed by atoms with Crippen LogP contribution in [0.1, 0.15) is 64.2 Å². The minimum absolute atomic E-state index is 0.179. The Labute approximate surface area is 204 Å². The zero-order valence-corrected chi connectivity index (χ0v) is 21.0. The van der Waals surface area contributed by atoms with Crippen molar-refractivity contribution in [3.05, 3.63) is 84.9 Å². The van der Waals surface area contributed by atoms with Gasteiger partial charge in [0.2, 0.25) is 0 Å². The van der Waals surface area contributed by atoms with Crippen molar-refractivity contribution >= 4 is 35.3 Å². The molecule has 2 aliphatic rings. The first-order valence-corrected chi connectivity index (χ1v) is 15.3. The molecule has 3 aromatic carbocycles. The molecule has 0 atom stereocenters. The second-order valence-corrected chi connectivity index (χ2v) is 13.8. The summed E-state index contributed by atoms with van der Waals surface area (Å²) in [6, 6.07) is 25.0. The van der Waals surface area contributed by atoms with Gasteiger partial charge in [0.05, 0.1) is 0 Å². The van der Waals surface area contributed by atoms with Crippen LogP contribution in [0, 0.1) is 0 Å². The van der Waals surface area contributed by atoms with Gasteiger partial charge in [-0.15, -0.1) is 0 Å². The first kappa shape index (κ1) is 23.7. The SMILES string of the molecule is FP(F)(c1ccccc1)(c1ccccc1)c1ccccc1B(C1CCCCC1)C1CCCCC1. The van der Waals surface area contributed by atoms with Gasteiger partial charge < -0.3 is 0 Å². The van der Waals surface area contributed by atoms with Crippen LogP contribution in [-0.4, -0.2) is 6.71 Å². The maximum atomic E-state index is 17.9. The molecular formula is C30H36BF2P. The predicted octanol–water partition coefficient (Wildman–Crippen LogP) is 7.66. The summed E-state index contributed by atoms with van der Waals surface area (Å²) in [5, 5.41) is 0.670. The van der Waals surface area contributed by atoms with Crippen LogP contribution in [-0.2, 0) is 0 Å². The Bertz CT molecular complexity index is 1010. The Kier molecular flexibility index (Phi) is 6.94. The molecule has 178 valence electrons. The Morgan fingerprint density at radius 1 is 0.529 bits per heavy atom. The molecule has 0 spiro atoms. The summed E-state index contributed by atoms with van der Waals surface area (Å²) in [5.74, 6) is 1.04. The van der Waals surface area contributed by atoms with Crippen molar-refractivity contribution in [2.75, 3.05) is 0 Å². The van der Waals surface area contributed by atoms with E-state index in [1.807, 2.05) is 24.3 Å². The van der Waals surface area contributed by atoms with Gasteiger partial charge in [-0.1, -0.05) is 0 Å². The summed E-state index contributed by atoms with van der Waals surface area (Å²) < 4.78 is 35.8. The molecule has 2 aliphatic carbocycles. The molecule has 34 heavy (non-hydrogen) atoms. The average molecular weight is 476 g/mol. The van der Waals surface area contributed by atoms with E-state index in [9.17, 15) is 0 Å². The third-order valence-electron chi connectivity index (χ3n) is 8.45. The van der Waals surface area contributed by atoms with E-state index in [0.717, 1.165) is 5.46 Å². The van der Waals surface area contributed by atoms with Crippen LogP contribution in [0.25, 0.3) is 0 Å². The van der Waals surface area contributed by atoms with E-state index in [2.05, 4.69) is 6.07 Å². The molecule has 0 N–H and O–H groups in total. The van der Waals surface area contributed by atoms with Gasteiger partial charge in [-0.25, -0.2) is 0 Å². The molecule has 5 rings (SSSR count). The molecule has 0 saturated heterocycles. The van der Waals surface area contributed by atoms with Gasteiger partial charge in [0.1, 0.15) is 0 Å². The summed E-state index contributed by atoms with van der Waals surface area (Å²) >= 11 is 0. The quantitative estimate of drug-likeness (QED) is 0.253. The first-order chi connectivity index (χ1) is 16.6. The summed E-state index contributed by atoms with van der Waals surface area (Å²) in [4.78, 5) is 0. The second-order valence-electron chi connectivity index (χ2n) is 10.5. The van der Waals surface area contributed by atoms with Crippen molar-refractivity contribution in [2.24, 2.45) is 0 Å². The van der Waals surface area contributed by atoms with Crippen LogP contribution in [0.3, 0.4) is 0 Å². The summed E-state index contributed by atoms with van der Waals surface area (Å²) in [5.41, 5.74) is 0.941. The molecule has 2 fully saturated rings. The Hall–Kier alpha value is -1.99. The molecule has 0 aromatic heterocycles. The van der Waals surface area contributed by atoms with E-state index in [0.29, 0.717) is 16.9 Å². The molecule has 0 aliphatic heterocycles. The molecule has 0 radical (unpaired) electrons. The third-order valence-corrected chi connectivity index (χ3v) is 12.1. The minimum atomic E-state index is -5.63. The van der Waals surface area contributed by atoms with Crippen LogP contribution < -0.4 is 21.4 Å². The van der Waals surface area contributed by atoms with Crippen LogP contribution >= 0.6 is 7.22 Å². The van der Waals surface area contributed by atoms with Crippen LogP contribution in [0.5, 0.6) is 0 Å². The Morgan fingerprint density at radius 3 is 1.41 bits per heavy atom. The topological polar surface area (TPSA) is 0 Å². The molecule has 0 unspecified atom stereocenters. The van der Waals surface area contributed by atoms with E-state index < -0.39 is 7.22 Å². The summed E-state index contributed by atoms with van der Waals surface area (Å²) in [7, 11) is -5.63. The monoisotopic (exact) mass is 476 g/mol. The maximum absolute atomic E-state index is 17.9. The normalized spacial score (nSPS) is 19.3. The van der Waals surface area contributed by atoms with Crippen LogP contribution in [0.2, 0.25) is 11.6 Å². The van der Waals surface area contributed by atoms with E-state index >= 15 is 8.39 Å². The predicted molar refractivity (Wildman–Crippen MR) is 146 cm³/mol. The summed E-state index contributed by atoms with van der Waals surface area (Å²) in [6.45, 7) is 0.234. The number of benzene rings is 3. The van der Waals surface area contributed by atoms with Gasteiger partial charge in [-0.2, -0.15) is 0 Å². The number of rotatable bonds is 6. The first-order valence-electron chi connectivity index (χ1n) is 13.2. The summed E-state index contributed by atoms with van der Waals surface area (Å²) in [6.07, 6.45) is 12.3. The Morgan fingerprint density at radius 2 is 0.941 bits per heavy atom. The van der Waals surface area contributed by atoms with Gasteiger partial charge in [-0.3, -0.25) is 0 Å². The van der Waals surface area contributed by atoms with Crippen molar-refractivity contribution in [1.29, 1.82) is 0 Å². The zero-order chi connectivity index (χ0) is 23.5. The van der Waals surface area contributed by atoms with Gasteiger partial charge in [0.25, 0.3) is 0 Å². The van der Waals surface area contributed by atoms with Crippen LogP contribution in [0.15, 0.2) is 84.9 Å². The van der Waals surface area contributed by atoms with E-state index in [-0.39, 0.29) is 17.3 Å². The molecule has 3 aromatic rings. The molecule has 0 nitrogen and oxygen atoms in total. The molecule has 0 amide bonds. The van der Waals surface area contributed by atoms with Crippen molar-refractivity contribution in [2.45, 2.75) is 75.8 Å². The van der Waals surface area contributed by atoms with Gasteiger partial charge >= 0.3 is 204 Å². The van der Waals surface area contributed by atoms with Gasteiger partial charge in [0.15, 0.2) is 0 Å². The molecular weight excluding hydrogens is 440 g/mol. The molecule has 2 saturated carbocycles. The van der Waals surface area contributed by atoms with Crippen molar-refractivity contribution in [3.63, 3.8) is 0 Å². The zero-order valence-electron chi connectivity index (χ0n) is 20.1. The average Bonchev–Trinajstić information content (AvgIpc) is 2.91. The number of hydrogen-bond acceptors (Lipinski definition) is 0. The Balaban J connectivity index is 1.73. The van der Waals surface area contributed by atoms with E-state index in [1.54, 1.807) is 54.6 Å². The number of halogens is 2. The van der Waals surface area contributed by atoms with Crippen molar-refractivity contribution < 1.29 is 8.39 Å². The van der Waals surface area contributed by atoms with Gasteiger partial charge in [0, 0.05) is 0 Å². The van der Waals surface area contributed by atoms with E-state index in [4.69, 9.17) is 0 Å². The van der Waals surface area contributed by atoms with Crippen molar-refractivity contribution in [3.8, 4) is 0 Å². The second kappa shape index (κ2) is 9.94. The van der Waals surface area contributed by atoms with Gasteiger partial charge in [-0.05, 0) is 0 Å². The van der Waals surface area contributed by atoms with Crippen LogP contribution in [0.4, 0.5) is 8.39 Å². The number of hydrogen-bond donors (Lipinski definition) is 0.